The SMILES string of the molecule is CC1=CC[C-]=C1.CC1=CC[C-]=C1.C[C](C)=[Ti+2].[Cl-].[Cl-]. The van der Waals surface area contributed by atoms with Crippen LogP contribution in [-0.4, -0.2) is 3.81 Å². The van der Waals surface area contributed by atoms with Gasteiger partial charge in [0.05, 0.1) is 0 Å². The Balaban J connectivity index is -0.000000182. The molecule has 2 aliphatic rings. The Morgan fingerprint density at radius 1 is 0.944 bits per heavy atom. The second-order valence-electron chi connectivity index (χ2n) is 4.00. The van der Waals surface area contributed by atoms with Crippen molar-refractivity contribution < 1.29 is 44.8 Å². The number of rotatable bonds is 0. The van der Waals surface area contributed by atoms with Crippen LogP contribution in [0, 0.1) is 12.2 Å². The summed E-state index contributed by atoms with van der Waals surface area (Å²) in [6.07, 6.45) is 16.5. The van der Waals surface area contributed by atoms with Gasteiger partial charge in [-0.1, -0.05) is 0 Å². The molecule has 0 aromatic carbocycles. The van der Waals surface area contributed by atoms with E-state index < -0.39 is 0 Å². The maximum Gasteiger partial charge on any atom is -1.00 e. The second kappa shape index (κ2) is 15.2. The average Bonchev–Trinajstić information content (AvgIpc) is 2.78. The van der Waals surface area contributed by atoms with Gasteiger partial charge in [0.1, 0.15) is 0 Å². The van der Waals surface area contributed by atoms with Crippen molar-refractivity contribution in [1.82, 2.24) is 0 Å². The van der Waals surface area contributed by atoms with Gasteiger partial charge in [0, 0.05) is 0 Å². The van der Waals surface area contributed by atoms with E-state index in [0.717, 1.165) is 12.8 Å². The van der Waals surface area contributed by atoms with Gasteiger partial charge in [-0.2, -0.15) is 12.2 Å². The van der Waals surface area contributed by atoms with E-state index >= 15 is 0 Å². The Labute approximate surface area is 136 Å². The fourth-order valence-corrected chi connectivity index (χ4v) is 0.998. The zero-order valence-corrected chi connectivity index (χ0v) is 14.6. The summed E-state index contributed by atoms with van der Waals surface area (Å²) < 4.78 is 1.42. The van der Waals surface area contributed by atoms with E-state index in [-0.39, 0.29) is 24.8 Å². The van der Waals surface area contributed by atoms with Crippen molar-refractivity contribution in [2.24, 2.45) is 0 Å². The maximum atomic E-state index is 3.05. The van der Waals surface area contributed by atoms with Crippen LogP contribution in [0.3, 0.4) is 0 Å². The third kappa shape index (κ3) is 18.5. The molecule has 0 atom stereocenters. The normalized spacial score (nSPS) is 13.9. The van der Waals surface area contributed by atoms with E-state index in [1.165, 1.54) is 15.0 Å². The van der Waals surface area contributed by atoms with Crippen LogP contribution in [-0.2, 0) is 20.0 Å². The summed E-state index contributed by atoms with van der Waals surface area (Å²) in [4.78, 5) is 0. The Morgan fingerprint density at radius 2 is 1.22 bits per heavy atom. The minimum atomic E-state index is 0. The van der Waals surface area contributed by atoms with Crippen molar-refractivity contribution in [2.75, 3.05) is 0 Å². The van der Waals surface area contributed by atoms with E-state index in [9.17, 15) is 0 Å². The molecule has 3 heteroatoms. The minimum Gasteiger partial charge on any atom is -1.00 e. The van der Waals surface area contributed by atoms with E-state index in [2.05, 4.69) is 72.0 Å². The molecule has 0 nitrogen and oxygen atoms in total. The first-order valence-corrected chi connectivity index (χ1v) is 6.29. The molecule has 0 unspecified atom stereocenters. The van der Waals surface area contributed by atoms with Crippen molar-refractivity contribution in [3.05, 3.63) is 47.6 Å². The van der Waals surface area contributed by atoms with Crippen LogP contribution in [0.1, 0.15) is 40.5 Å². The zero-order valence-electron chi connectivity index (χ0n) is 11.5. The van der Waals surface area contributed by atoms with Gasteiger partial charge in [-0.05, 0) is 0 Å². The van der Waals surface area contributed by atoms with Crippen LogP contribution in [0.5, 0.6) is 0 Å². The van der Waals surface area contributed by atoms with Gasteiger partial charge >= 0.3 is 37.6 Å². The molecule has 0 N–H and O–H groups in total. The molecule has 2 aliphatic carbocycles. The summed E-state index contributed by atoms with van der Waals surface area (Å²) in [7, 11) is 0. The van der Waals surface area contributed by atoms with Gasteiger partial charge in [0.25, 0.3) is 0 Å². The van der Waals surface area contributed by atoms with E-state index in [4.69, 9.17) is 0 Å². The van der Waals surface area contributed by atoms with E-state index in [1.807, 2.05) is 12.2 Å². The van der Waals surface area contributed by atoms with E-state index in [1.54, 1.807) is 0 Å². The first-order valence-electron chi connectivity index (χ1n) is 5.51. The van der Waals surface area contributed by atoms with Crippen molar-refractivity contribution in [3.8, 4) is 0 Å². The van der Waals surface area contributed by atoms with Crippen molar-refractivity contribution in [1.29, 1.82) is 0 Å². The summed E-state index contributed by atoms with van der Waals surface area (Å²) in [5.74, 6) is 0. The van der Waals surface area contributed by atoms with Crippen LogP contribution < -0.4 is 24.8 Å². The van der Waals surface area contributed by atoms with Gasteiger partial charge in [-0.3, -0.25) is 12.2 Å². The fourth-order valence-electron chi connectivity index (χ4n) is 0.998. The Morgan fingerprint density at radius 3 is 1.28 bits per heavy atom. The standard InChI is InChI=1S/2C6H7.C3H6.2ClH.Ti/c2*1-6-4-2-3-5-6;1-3-2;;;/h2*4-5H,2H2,1H3;1-2H3;2*1H;/q2*-1;;;;+2/p-2. The Kier molecular flexibility index (Phi) is 19.6. The van der Waals surface area contributed by atoms with Gasteiger partial charge in [0.15, 0.2) is 0 Å². The summed E-state index contributed by atoms with van der Waals surface area (Å²) in [6, 6.07) is 0. The van der Waals surface area contributed by atoms with Crippen LogP contribution in [0.15, 0.2) is 35.5 Å². The molecule has 0 amide bonds. The fraction of sp³-hybridized carbons (Fsp3) is 0.400. The summed E-state index contributed by atoms with van der Waals surface area (Å²) in [6.45, 7) is 8.33. The molecule has 100 valence electrons. The second-order valence-corrected chi connectivity index (χ2v) is 5.56. The first-order chi connectivity index (χ1) is 7.52. The van der Waals surface area contributed by atoms with Crippen molar-refractivity contribution >= 4 is 3.81 Å². The molecule has 0 aromatic heterocycles. The molecular formula is C15H20Cl2Ti-2. The quantitative estimate of drug-likeness (QED) is 0.363. The molecule has 0 aromatic rings. The Bertz CT molecular complexity index is 299. The van der Waals surface area contributed by atoms with Gasteiger partial charge in [-0.25, -0.2) is 23.3 Å². The van der Waals surface area contributed by atoms with Gasteiger partial charge in [-0.15, -0.1) is 26.7 Å². The largest absolute Gasteiger partial charge is 1.00 e. The predicted octanol–water partition coefficient (Wildman–Crippen LogP) is -1.86. The average molecular weight is 319 g/mol. The molecule has 2 rings (SSSR count). The summed E-state index contributed by atoms with van der Waals surface area (Å²) >= 11 is 2.08. The summed E-state index contributed by atoms with van der Waals surface area (Å²) in [5, 5.41) is 0. The third-order valence-corrected chi connectivity index (χ3v) is 1.74. The molecule has 0 saturated carbocycles. The molecule has 18 heavy (non-hydrogen) atoms. The molecule has 0 bridgehead atoms. The molecule has 0 aliphatic heterocycles. The van der Waals surface area contributed by atoms with Crippen LogP contribution >= 0.6 is 0 Å². The number of hydrogen-bond donors (Lipinski definition) is 0. The number of halogens is 2. The van der Waals surface area contributed by atoms with Crippen molar-refractivity contribution in [2.45, 2.75) is 40.5 Å². The van der Waals surface area contributed by atoms with Crippen LogP contribution in [0.25, 0.3) is 0 Å². The molecule has 0 radical (unpaired) electrons. The predicted molar refractivity (Wildman–Crippen MR) is 68.7 cm³/mol. The first kappa shape index (κ1) is 23.2. The maximum absolute atomic E-state index is 3.05. The smallest absolute Gasteiger partial charge is 1.00 e. The molecule has 0 spiro atoms. The molecule has 0 saturated heterocycles. The third-order valence-electron chi connectivity index (χ3n) is 1.74. The number of allylic oxidation sites excluding steroid dienone is 8. The molecular weight excluding hydrogens is 299 g/mol. The van der Waals surface area contributed by atoms with E-state index in [0.29, 0.717) is 0 Å². The van der Waals surface area contributed by atoms with Gasteiger partial charge in [0.2, 0.25) is 0 Å². The van der Waals surface area contributed by atoms with Crippen molar-refractivity contribution in [3.63, 3.8) is 0 Å². The summed E-state index contributed by atoms with van der Waals surface area (Å²) in [5.41, 5.74) is 2.69. The zero-order chi connectivity index (χ0) is 12.4. The monoisotopic (exact) mass is 318 g/mol. The van der Waals surface area contributed by atoms with Gasteiger partial charge < -0.3 is 24.8 Å². The minimum absolute atomic E-state index is 0. The number of hydrogen-bond acceptors (Lipinski definition) is 0. The topological polar surface area (TPSA) is 0 Å². The Hall–Kier alpha value is 0.124. The van der Waals surface area contributed by atoms with Crippen LogP contribution in [0.2, 0.25) is 0 Å². The molecule has 0 heterocycles. The van der Waals surface area contributed by atoms with Crippen LogP contribution in [0.4, 0.5) is 0 Å². The molecule has 0 fully saturated rings.